The molecule has 1 heteroatoms. The zero-order valence-electron chi connectivity index (χ0n) is 12.0. The normalized spacial score (nSPS) is 27.9. The summed E-state index contributed by atoms with van der Waals surface area (Å²) in [6, 6.07) is 18.7. The molecule has 1 saturated heterocycles. The van der Waals surface area contributed by atoms with E-state index in [0.29, 0.717) is 12.0 Å². The van der Waals surface area contributed by atoms with E-state index < -0.39 is 0 Å². The third kappa shape index (κ3) is 1.81. The highest BCUT2D eigenvalue weighted by atomic mass is 14.9. The molecule has 1 nitrogen and oxygen atoms in total. The van der Waals surface area contributed by atoms with Gasteiger partial charge in [0.1, 0.15) is 0 Å². The van der Waals surface area contributed by atoms with Gasteiger partial charge in [-0.2, -0.15) is 0 Å². The van der Waals surface area contributed by atoms with Gasteiger partial charge in [0.15, 0.2) is 0 Å². The first-order valence-electron chi connectivity index (χ1n) is 7.73. The van der Waals surface area contributed by atoms with Crippen molar-refractivity contribution in [2.45, 2.75) is 31.7 Å². The molecule has 1 fully saturated rings. The topological polar surface area (TPSA) is 12.0 Å². The number of fused-ring (bicyclic) bond motifs is 3. The first kappa shape index (κ1) is 12.2. The Balaban J connectivity index is 1.83. The summed E-state index contributed by atoms with van der Waals surface area (Å²) in [6.07, 6.45) is 2.64. The Labute approximate surface area is 121 Å². The molecule has 0 saturated carbocycles. The van der Waals surface area contributed by atoms with Gasteiger partial charge in [-0.15, -0.1) is 0 Å². The lowest BCUT2D eigenvalue weighted by molar-refractivity contribution is 0.287. The van der Waals surface area contributed by atoms with Crippen molar-refractivity contribution in [2.24, 2.45) is 5.92 Å². The van der Waals surface area contributed by atoms with E-state index in [0.717, 1.165) is 12.5 Å². The summed E-state index contributed by atoms with van der Waals surface area (Å²) in [6.45, 7) is 3.33. The predicted molar refractivity (Wildman–Crippen MR) is 82.9 cm³/mol. The molecule has 0 bridgehead atoms. The fourth-order valence-electron chi connectivity index (χ4n) is 4.12. The number of hydrogen-bond donors (Lipinski definition) is 1. The third-order valence-corrected chi connectivity index (χ3v) is 5.04. The predicted octanol–water partition coefficient (Wildman–Crippen LogP) is 4.18. The van der Waals surface area contributed by atoms with Crippen molar-refractivity contribution in [3.8, 4) is 0 Å². The molecule has 0 amide bonds. The van der Waals surface area contributed by atoms with Crippen LogP contribution in [0.25, 0.3) is 0 Å². The van der Waals surface area contributed by atoms with Crippen LogP contribution in [0.2, 0.25) is 0 Å². The maximum absolute atomic E-state index is 3.75. The average Bonchev–Trinajstić information content (AvgIpc) is 2.83. The highest BCUT2D eigenvalue weighted by Crippen LogP contribution is 2.51. The average molecular weight is 263 g/mol. The van der Waals surface area contributed by atoms with Crippen LogP contribution in [0.1, 0.15) is 47.1 Å². The molecule has 4 rings (SSSR count). The molecule has 102 valence electrons. The van der Waals surface area contributed by atoms with Crippen LogP contribution in [0.5, 0.6) is 0 Å². The van der Waals surface area contributed by atoms with Gasteiger partial charge < -0.3 is 5.32 Å². The van der Waals surface area contributed by atoms with Crippen molar-refractivity contribution in [3.63, 3.8) is 0 Å². The Morgan fingerprint density at radius 3 is 2.50 bits per heavy atom. The van der Waals surface area contributed by atoms with E-state index in [1.165, 1.54) is 29.5 Å². The molecule has 2 aliphatic rings. The van der Waals surface area contributed by atoms with Gasteiger partial charge in [-0.1, -0.05) is 54.1 Å². The minimum atomic E-state index is 0.561. The Kier molecular flexibility index (Phi) is 2.89. The first-order chi connectivity index (χ1) is 9.84. The van der Waals surface area contributed by atoms with Crippen LogP contribution in [-0.4, -0.2) is 6.54 Å². The monoisotopic (exact) mass is 263 g/mol. The number of piperidine rings is 1. The maximum Gasteiger partial charge on any atom is 0.0360 e. The van der Waals surface area contributed by atoms with E-state index in [1.807, 2.05) is 0 Å². The number of aryl methyl sites for hydroxylation is 1. The molecule has 20 heavy (non-hydrogen) atoms. The summed E-state index contributed by atoms with van der Waals surface area (Å²) >= 11 is 0. The second-order valence-corrected chi connectivity index (χ2v) is 6.26. The molecular formula is C19H21N. The van der Waals surface area contributed by atoms with E-state index in [9.17, 15) is 0 Å². The summed E-state index contributed by atoms with van der Waals surface area (Å²) in [4.78, 5) is 0. The van der Waals surface area contributed by atoms with Gasteiger partial charge in [0.2, 0.25) is 0 Å². The quantitative estimate of drug-likeness (QED) is 0.814. The van der Waals surface area contributed by atoms with Crippen LogP contribution < -0.4 is 5.32 Å². The summed E-state index contributed by atoms with van der Waals surface area (Å²) < 4.78 is 0. The van der Waals surface area contributed by atoms with Gasteiger partial charge in [-0.05, 0) is 48.9 Å². The second kappa shape index (κ2) is 4.75. The van der Waals surface area contributed by atoms with Crippen molar-refractivity contribution in [2.75, 3.05) is 6.54 Å². The molecule has 3 atom stereocenters. The van der Waals surface area contributed by atoms with Crippen LogP contribution >= 0.6 is 0 Å². The highest BCUT2D eigenvalue weighted by Gasteiger charge is 2.41. The Hall–Kier alpha value is -1.60. The lowest BCUT2D eigenvalue weighted by Crippen LogP contribution is -2.32. The standard InChI is InChI=1S/C19H21N/c1-13-8-10-14(11-9-13)18-15-5-2-3-6-16(15)19-17(18)7-4-12-20-19/h2-3,5-6,8-11,17-20H,4,7,12H2,1H3. The molecule has 0 spiro atoms. The summed E-state index contributed by atoms with van der Waals surface area (Å²) in [5.41, 5.74) is 5.90. The lowest BCUT2D eigenvalue weighted by Gasteiger charge is -2.31. The van der Waals surface area contributed by atoms with Crippen molar-refractivity contribution in [1.29, 1.82) is 0 Å². The molecule has 1 aliphatic carbocycles. The zero-order valence-corrected chi connectivity index (χ0v) is 12.0. The van der Waals surface area contributed by atoms with Crippen LogP contribution in [0, 0.1) is 12.8 Å². The van der Waals surface area contributed by atoms with Gasteiger partial charge in [-0.25, -0.2) is 0 Å². The number of benzene rings is 2. The van der Waals surface area contributed by atoms with E-state index >= 15 is 0 Å². The summed E-state index contributed by atoms with van der Waals surface area (Å²) in [7, 11) is 0. The largest absolute Gasteiger partial charge is 0.310 e. The number of hydrogen-bond acceptors (Lipinski definition) is 1. The van der Waals surface area contributed by atoms with Gasteiger partial charge in [0, 0.05) is 12.0 Å². The summed E-state index contributed by atoms with van der Waals surface area (Å²) in [5, 5.41) is 3.75. The second-order valence-electron chi connectivity index (χ2n) is 6.26. The van der Waals surface area contributed by atoms with Gasteiger partial charge in [0.05, 0.1) is 0 Å². The Morgan fingerprint density at radius 1 is 0.950 bits per heavy atom. The minimum absolute atomic E-state index is 0.561. The van der Waals surface area contributed by atoms with Crippen molar-refractivity contribution < 1.29 is 0 Å². The molecule has 2 aromatic carbocycles. The van der Waals surface area contributed by atoms with E-state index in [4.69, 9.17) is 0 Å². The fourth-order valence-corrected chi connectivity index (χ4v) is 4.12. The molecule has 0 aromatic heterocycles. The number of nitrogens with one attached hydrogen (secondary N) is 1. The Bertz CT molecular complexity index is 614. The van der Waals surface area contributed by atoms with Crippen LogP contribution in [0.15, 0.2) is 48.5 Å². The first-order valence-corrected chi connectivity index (χ1v) is 7.73. The van der Waals surface area contributed by atoms with Crippen LogP contribution in [-0.2, 0) is 0 Å². The van der Waals surface area contributed by atoms with Crippen LogP contribution in [0.3, 0.4) is 0 Å². The SMILES string of the molecule is Cc1ccc(C2c3ccccc3C3NCCCC32)cc1. The summed E-state index contributed by atoms with van der Waals surface area (Å²) in [5.74, 6) is 1.30. The number of rotatable bonds is 1. The molecule has 3 unspecified atom stereocenters. The van der Waals surface area contributed by atoms with E-state index in [1.54, 1.807) is 5.56 Å². The Morgan fingerprint density at radius 2 is 1.70 bits per heavy atom. The lowest BCUT2D eigenvalue weighted by atomic mass is 9.80. The third-order valence-electron chi connectivity index (χ3n) is 5.04. The van der Waals surface area contributed by atoms with Crippen molar-refractivity contribution in [3.05, 3.63) is 70.8 Å². The molecule has 1 heterocycles. The highest BCUT2D eigenvalue weighted by molar-refractivity contribution is 5.46. The van der Waals surface area contributed by atoms with Crippen molar-refractivity contribution in [1.82, 2.24) is 5.32 Å². The van der Waals surface area contributed by atoms with Gasteiger partial charge in [0.25, 0.3) is 0 Å². The van der Waals surface area contributed by atoms with Gasteiger partial charge in [-0.3, -0.25) is 0 Å². The molecule has 1 aliphatic heterocycles. The molecule has 2 aromatic rings. The van der Waals surface area contributed by atoms with E-state index in [2.05, 4.69) is 60.8 Å². The smallest absolute Gasteiger partial charge is 0.0360 e. The molecular weight excluding hydrogens is 242 g/mol. The molecule has 0 radical (unpaired) electrons. The van der Waals surface area contributed by atoms with Crippen molar-refractivity contribution >= 4 is 0 Å². The van der Waals surface area contributed by atoms with E-state index in [-0.39, 0.29) is 0 Å². The zero-order chi connectivity index (χ0) is 13.5. The minimum Gasteiger partial charge on any atom is -0.310 e. The molecule has 1 N–H and O–H groups in total. The van der Waals surface area contributed by atoms with Crippen LogP contribution in [0.4, 0.5) is 0 Å². The van der Waals surface area contributed by atoms with Gasteiger partial charge >= 0.3 is 0 Å². The fraction of sp³-hybridized carbons (Fsp3) is 0.368. The maximum atomic E-state index is 3.75.